The third kappa shape index (κ3) is 3.35. The molecule has 0 aliphatic rings. The monoisotopic (exact) mass is 178 g/mol. The fourth-order valence-electron chi connectivity index (χ4n) is 0.799. The van der Waals surface area contributed by atoms with Crippen LogP contribution in [0.15, 0.2) is 23.0 Å². The van der Waals surface area contributed by atoms with Gasteiger partial charge in [-0.25, -0.2) is 0 Å². The number of hydrogen-bond donors (Lipinski definition) is 1. The van der Waals surface area contributed by atoms with Crippen molar-refractivity contribution in [1.82, 2.24) is 0 Å². The first kappa shape index (κ1) is 9.88. The van der Waals surface area contributed by atoms with E-state index in [0.717, 1.165) is 0 Å². The third-order valence-electron chi connectivity index (χ3n) is 1.44. The summed E-state index contributed by atoms with van der Waals surface area (Å²) >= 11 is 0. The van der Waals surface area contributed by atoms with Crippen molar-refractivity contribution in [2.45, 2.75) is 26.9 Å². The van der Waals surface area contributed by atoms with Gasteiger partial charge >= 0.3 is 0 Å². The van der Waals surface area contributed by atoms with Crippen LogP contribution in [-0.4, -0.2) is 5.11 Å². The number of aliphatic hydroxyl groups excluding tert-OH is 1. The summed E-state index contributed by atoms with van der Waals surface area (Å²) in [4.78, 5) is 0. The van der Waals surface area contributed by atoms with Gasteiger partial charge in [-0.3, -0.25) is 0 Å². The van der Waals surface area contributed by atoms with Crippen LogP contribution in [0.1, 0.15) is 32.4 Å². The second-order valence-electron chi connectivity index (χ2n) is 3.98. The van der Waals surface area contributed by atoms with Crippen LogP contribution in [0.2, 0.25) is 0 Å². The smallest absolute Gasteiger partial charge is 0.143 e. The topological polar surface area (TPSA) is 33.4 Å². The maximum atomic E-state index is 9.54. The van der Waals surface area contributed by atoms with E-state index in [0.29, 0.717) is 5.56 Å². The van der Waals surface area contributed by atoms with E-state index in [1.54, 1.807) is 6.07 Å². The maximum absolute atomic E-state index is 9.54. The Morgan fingerprint density at radius 2 is 2.15 bits per heavy atom. The van der Waals surface area contributed by atoms with E-state index in [-0.39, 0.29) is 5.41 Å². The van der Waals surface area contributed by atoms with Gasteiger partial charge in [-0.1, -0.05) is 11.8 Å². The predicted octanol–water partition coefficient (Wildman–Crippen LogP) is 2.36. The Balaban J connectivity index is 2.69. The summed E-state index contributed by atoms with van der Waals surface area (Å²) in [6.45, 7) is 6.01. The molecule has 70 valence electrons. The highest BCUT2D eigenvalue weighted by Crippen LogP contribution is 2.14. The Morgan fingerprint density at radius 1 is 1.46 bits per heavy atom. The molecule has 2 nitrogen and oxygen atoms in total. The number of hydrogen-bond acceptors (Lipinski definition) is 2. The largest absolute Gasteiger partial charge is 0.472 e. The van der Waals surface area contributed by atoms with Crippen molar-refractivity contribution in [1.29, 1.82) is 0 Å². The summed E-state index contributed by atoms with van der Waals surface area (Å²) in [7, 11) is 0. The normalized spacial score (nSPS) is 13.2. The summed E-state index contributed by atoms with van der Waals surface area (Å²) in [5.41, 5.74) is 0.627. The molecule has 0 spiro atoms. The van der Waals surface area contributed by atoms with E-state index < -0.39 is 6.10 Å². The van der Waals surface area contributed by atoms with E-state index in [4.69, 9.17) is 4.42 Å². The molecule has 0 aliphatic carbocycles. The molecule has 0 aliphatic heterocycles. The van der Waals surface area contributed by atoms with Crippen molar-refractivity contribution in [2.24, 2.45) is 5.41 Å². The van der Waals surface area contributed by atoms with Crippen LogP contribution in [0.3, 0.4) is 0 Å². The van der Waals surface area contributed by atoms with Crippen molar-refractivity contribution < 1.29 is 9.52 Å². The van der Waals surface area contributed by atoms with Gasteiger partial charge in [-0.05, 0) is 26.8 Å². The van der Waals surface area contributed by atoms with Gasteiger partial charge < -0.3 is 9.52 Å². The lowest BCUT2D eigenvalue weighted by Crippen LogP contribution is -2.01. The van der Waals surface area contributed by atoms with Gasteiger partial charge in [0, 0.05) is 11.0 Å². The van der Waals surface area contributed by atoms with Gasteiger partial charge in [0.2, 0.25) is 0 Å². The second-order valence-corrected chi connectivity index (χ2v) is 3.98. The molecule has 0 bridgehead atoms. The van der Waals surface area contributed by atoms with Gasteiger partial charge in [0.1, 0.15) is 6.10 Å². The van der Waals surface area contributed by atoms with Crippen molar-refractivity contribution in [3.05, 3.63) is 24.2 Å². The number of aliphatic hydroxyl groups is 1. The molecule has 1 atom stereocenters. The molecular formula is C11H14O2. The van der Waals surface area contributed by atoms with Crippen LogP contribution in [0, 0.1) is 17.3 Å². The van der Waals surface area contributed by atoms with Crippen molar-refractivity contribution in [2.75, 3.05) is 0 Å². The van der Waals surface area contributed by atoms with Crippen LogP contribution in [-0.2, 0) is 0 Å². The molecule has 1 aromatic rings. The Kier molecular flexibility index (Phi) is 2.79. The Labute approximate surface area is 78.6 Å². The zero-order chi connectivity index (χ0) is 9.90. The molecule has 1 unspecified atom stereocenters. The van der Waals surface area contributed by atoms with Gasteiger partial charge in [-0.15, -0.1) is 0 Å². The van der Waals surface area contributed by atoms with Gasteiger partial charge in [0.05, 0.1) is 12.5 Å². The molecule has 0 amide bonds. The fraction of sp³-hybridized carbons (Fsp3) is 0.455. The second kappa shape index (κ2) is 3.68. The van der Waals surface area contributed by atoms with E-state index in [1.807, 2.05) is 20.8 Å². The molecule has 1 heterocycles. The van der Waals surface area contributed by atoms with E-state index >= 15 is 0 Å². The quantitative estimate of drug-likeness (QED) is 0.670. The standard InChI is InChI=1S/C11H14O2/c1-11(2,3)6-4-10(12)9-5-7-13-8-9/h5,7-8,10,12H,1-3H3. The Bertz CT molecular complexity index is 306. The Hall–Kier alpha value is -1.20. The van der Waals surface area contributed by atoms with Crippen LogP contribution >= 0.6 is 0 Å². The first-order valence-corrected chi connectivity index (χ1v) is 4.22. The SMILES string of the molecule is CC(C)(C)C#CC(O)c1ccoc1. The third-order valence-corrected chi connectivity index (χ3v) is 1.44. The average Bonchev–Trinajstić information content (AvgIpc) is 2.50. The van der Waals surface area contributed by atoms with Crippen LogP contribution in [0.4, 0.5) is 0 Å². The van der Waals surface area contributed by atoms with Crippen molar-refractivity contribution >= 4 is 0 Å². The lowest BCUT2D eigenvalue weighted by atomic mass is 9.97. The highest BCUT2D eigenvalue weighted by Gasteiger charge is 2.07. The summed E-state index contributed by atoms with van der Waals surface area (Å²) in [6.07, 6.45) is 2.29. The van der Waals surface area contributed by atoms with Gasteiger partial charge in [-0.2, -0.15) is 0 Å². The first-order chi connectivity index (χ1) is 5.99. The first-order valence-electron chi connectivity index (χ1n) is 4.22. The lowest BCUT2D eigenvalue weighted by molar-refractivity contribution is 0.236. The molecule has 0 saturated heterocycles. The summed E-state index contributed by atoms with van der Waals surface area (Å²) in [5.74, 6) is 5.74. The zero-order valence-corrected chi connectivity index (χ0v) is 8.16. The van der Waals surface area contributed by atoms with E-state index in [9.17, 15) is 5.11 Å². The van der Waals surface area contributed by atoms with E-state index in [2.05, 4.69) is 11.8 Å². The minimum Gasteiger partial charge on any atom is -0.472 e. The van der Waals surface area contributed by atoms with Crippen LogP contribution in [0.5, 0.6) is 0 Å². The molecular weight excluding hydrogens is 164 g/mol. The molecule has 0 fully saturated rings. The maximum Gasteiger partial charge on any atom is 0.143 e. The van der Waals surface area contributed by atoms with Gasteiger partial charge in [0.25, 0.3) is 0 Å². The van der Waals surface area contributed by atoms with Crippen molar-refractivity contribution in [3.63, 3.8) is 0 Å². The molecule has 0 saturated carbocycles. The zero-order valence-electron chi connectivity index (χ0n) is 8.16. The molecule has 1 rings (SSSR count). The highest BCUT2D eigenvalue weighted by molar-refractivity contribution is 5.22. The van der Waals surface area contributed by atoms with E-state index in [1.165, 1.54) is 12.5 Å². The number of furan rings is 1. The molecule has 2 heteroatoms. The minimum absolute atomic E-state index is 0.0787. The van der Waals surface area contributed by atoms with Crippen LogP contribution < -0.4 is 0 Å². The highest BCUT2D eigenvalue weighted by atomic mass is 16.3. The van der Waals surface area contributed by atoms with Crippen molar-refractivity contribution in [3.8, 4) is 11.8 Å². The molecule has 1 aromatic heterocycles. The average molecular weight is 178 g/mol. The predicted molar refractivity (Wildman–Crippen MR) is 50.9 cm³/mol. The summed E-state index contributed by atoms with van der Waals surface area (Å²) < 4.78 is 4.84. The molecule has 1 N–H and O–H groups in total. The summed E-state index contributed by atoms with van der Waals surface area (Å²) in [5, 5.41) is 9.54. The Morgan fingerprint density at radius 3 is 2.62 bits per heavy atom. The molecule has 0 radical (unpaired) electrons. The fourth-order valence-corrected chi connectivity index (χ4v) is 0.799. The lowest BCUT2D eigenvalue weighted by Gasteiger charge is -2.07. The molecule has 0 aromatic carbocycles. The summed E-state index contributed by atoms with van der Waals surface area (Å²) in [6, 6.07) is 1.71. The molecule has 13 heavy (non-hydrogen) atoms. The minimum atomic E-state index is -0.738. The van der Waals surface area contributed by atoms with Gasteiger partial charge in [0.15, 0.2) is 0 Å². The van der Waals surface area contributed by atoms with Crippen LogP contribution in [0.25, 0.3) is 0 Å². The number of rotatable bonds is 1.